The van der Waals surface area contributed by atoms with Crippen molar-refractivity contribution in [3.8, 4) is 5.88 Å². The topological polar surface area (TPSA) is 37.4 Å². The molecule has 7 heteroatoms. The van der Waals surface area contributed by atoms with E-state index in [0.29, 0.717) is 13.2 Å². The minimum absolute atomic E-state index is 0.00506. The van der Waals surface area contributed by atoms with Crippen LogP contribution in [0.1, 0.15) is 18.9 Å². The van der Waals surface area contributed by atoms with E-state index in [0.717, 1.165) is 25.1 Å². The van der Waals surface area contributed by atoms with Crippen molar-refractivity contribution in [1.29, 1.82) is 0 Å². The zero-order valence-corrected chi connectivity index (χ0v) is 11.9. The number of pyridine rings is 1. The van der Waals surface area contributed by atoms with Crippen LogP contribution < -0.4 is 10.1 Å². The zero-order chi connectivity index (χ0) is 15.2. The number of nitrogens with zero attached hydrogens (tertiary/aromatic N) is 2. The maximum Gasteiger partial charge on any atom is 0.416 e. The highest BCUT2D eigenvalue weighted by Crippen LogP contribution is 2.32. The Balaban J connectivity index is 2.76. The first kappa shape index (κ1) is 16.6. The fourth-order valence-electron chi connectivity index (χ4n) is 1.57. The first-order chi connectivity index (χ1) is 9.32. The molecule has 0 amide bonds. The Bertz CT molecular complexity index is 422. The molecule has 0 aliphatic heterocycles. The molecule has 1 aromatic heterocycles. The average Bonchev–Trinajstić information content (AvgIpc) is 2.33. The van der Waals surface area contributed by atoms with Crippen LogP contribution in [-0.2, 0) is 6.18 Å². The maximum atomic E-state index is 12.8. The van der Waals surface area contributed by atoms with Gasteiger partial charge in [-0.25, -0.2) is 0 Å². The predicted molar refractivity (Wildman–Crippen MR) is 72.1 cm³/mol. The van der Waals surface area contributed by atoms with E-state index in [1.54, 1.807) is 6.92 Å². The molecular weight excluding hydrogens is 271 g/mol. The first-order valence-corrected chi connectivity index (χ1v) is 6.43. The Morgan fingerprint density at radius 3 is 2.55 bits per heavy atom. The van der Waals surface area contributed by atoms with Crippen LogP contribution in [0.5, 0.6) is 5.88 Å². The summed E-state index contributed by atoms with van der Waals surface area (Å²) in [5.74, 6) is 0.166. The summed E-state index contributed by atoms with van der Waals surface area (Å²) in [4.78, 5) is 5.99. The summed E-state index contributed by atoms with van der Waals surface area (Å²) in [7, 11) is 3.84. The highest BCUT2D eigenvalue weighted by molar-refractivity contribution is 5.42. The van der Waals surface area contributed by atoms with E-state index >= 15 is 0 Å². The SMILES string of the molecule is CCNc1cc(C(F)(F)F)cc(OCCCN(C)C)n1. The third kappa shape index (κ3) is 5.64. The van der Waals surface area contributed by atoms with E-state index in [1.807, 2.05) is 19.0 Å². The number of halogens is 3. The lowest BCUT2D eigenvalue weighted by Gasteiger charge is -2.13. The van der Waals surface area contributed by atoms with Gasteiger partial charge in [0.15, 0.2) is 0 Å². The van der Waals surface area contributed by atoms with Crippen LogP contribution in [0.15, 0.2) is 12.1 Å². The van der Waals surface area contributed by atoms with Crippen LogP contribution in [-0.4, -0.2) is 43.7 Å². The molecule has 114 valence electrons. The lowest BCUT2D eigenvalue weighted by atomic mass is 10.2. The molecule has 0 saturated carbocycles. The molecule has 0 aliphatic carbocycles. The molecule has 1 N–H and O–H groups in total. The average molecular weight is 291 g/mol. The monoisotopic (exact) mass is 291 g/mol. The number of alkyl halides is 3. The van der Waals surface area contributed by atoms with Gasteiger partial charge in [0.2, 0.25) is 5.88 Å². The van der Waals surface area contributed by atoms with Gasteiger partial charge in [-0.1, -0.05) is 0 Å². The van der Waals surface area contributed by atoms with Gasteiger partial charge in [-0.2, -0.15) is 18.2 Å². The van der Waals surface area contributed by atoms with Crippen molar-refractivity contribution in [2.24, 2.45) is 0 Å². The molecule has 0 spiro atoms. The molecule has 0 unspecified atom stereocenters. The molecule has 4 nitrogen and oxygen atoms in total. The molecule has 0 aliphatic rings. The van der Waals surface area contributed by atoms with Crippen molar-refractivity contribution in [3.05, 3.63) is 17.7 Å². The quantitative estimate of drug-likeness (QED) is 0.784. The number of rotatable bonds is 7. The minimum Gasteiger partial charge on any atom is -0.478 e. The molecule has 1 aromatic rings. The van der Waals surface area contributed by atoms with E-state index in [9.17, 15) is 13.2 Å². The van der Waals surface area contributed by atoms with Crippen molar-refractivity contribution in [3.63, 3.8) is 0 Å². The van der Waals surface area contributed by atoms with E-state index in [4.69, 9.17) is 4.74 Å². The van der Waals surface area contributed by atoms with Gasteiger partial charge in [0.05, 0.1) is 12.2 Å². The fraction of sp³-hybridized carbons (Fsp3) is 0.615. The molecule has 1 rings (SSSR count). The van der Waals surface area contributed by atoms with Crippen molar-refractivity contribution >= 4 is 5.82 Å². The Morgan fingerprint density at radius 2 is 2.00 bits per heavy atom. The van der Waals surface area contributed by atoms with Gasteiger partial charge in [-0.05, 0) is 33.5 Å². The largest absolute Gasteiger partial charge is 0.478 e. The lowest BCUT2D eigenvalue weighted by molar-refractivity contribution is -0.137. The number of nitrogens with one attached hydrogen (secondary N) is 1. The predicted octanol–water partition coefficient (Wildman–Crippen LogP) is 2.86. The van der Waals surface area contributed by atoms with Gasteiger partial charge in [0.25, 0.3) is 0 Å². The van der Waals surface area contributed by atoms with Gasteiger partial charge in [0, 0.05) is 19.2 Å². The molecule has 1 heterocycles. The van der Waals surface area contributed by atoms with E-state index < -0.39 is 11.7 Å². The summed E-state index contributed by atoms with van der Waals surface area (Å²) in [6, 6.07) is 1.91. The molecule has 20 heavy (non-hydrogen) atoms. The Morgan fingerprint density at radius 1 is 1.30 bits per heavy atom. The Labute approximate surface area is 116 Å². The third-order valence-electron chi connectivity index (χ3n) is 2.49. The smallest absolute Gasteiger partial charge is 0.416 e. The maximum absolute atomic E-state index is 12.8. The number of ether oxygens (including phenoxy) is 1. The summed E-state index contributed by atoms with van der Waals surface area (Å²) in [5.41, 5.74) is -0.758. The molecule has 0 saturated heterocycles. The van der Waals surface area contributed by atoms with Gasteiger partial charge in [-0.15, -0.1) is 0 Å². The van der Waals surface area contributed by atoms with E-state index in [-0.39, 0.29) is 11.7 Å². The molecule has 0 fully saturated rings. The first-order valence-electron chi connectivity index (χ1n) is 6.43. The molecule has 0 aromatic carbocycles. The summed E-state index contributed by atoms with van der Waals surface area (Å²) in [6.07, 6.45) is -3.68. The van der Waals surface area contributed by atoms with Gasteiger partial charge in [0.1, 0.15) is 5.82 Å². The standard InChI is InChI=1S/C13H20F3N3O/c1-4-17-11-8-10(13(14,15)16)9-12(18-11)20-7-5-6-19(2)3/h8-9H,4-7H2,1-3H3,(H,17,18). The van der Waals surface area contributed by atoms with Gasteiger partial charge < -0.3 is 15.0 Å². The lowest BCUT2D eigenvalue weighted by Crippen LogP contribution is -2.16. The summed E-state index contributed by atoms with van der Waals surface area (Å²) < 4.78 is 43.6. The summed E-state index contributed by atoms with van der Waals surface area (Å²) in [6.45, 7) is 3.42. The highest BCUT2D eigenvalue weighted by atomic mass is 19.4. The molecular formula is C13H20F3N3O. The van der Waals surface area contributed by atoms with E-state index in [1.165, 1.54) is 0 Å². The van der Waals surface area contributed by atoms with Crippen LogP contribution in [0.2, 0.25) is 0 Å². The second kappa shape index (κ2) is 7.33. The highest BCUT2D eigenvalue weighted by Gasteiger charge is 2.31. The minimum atomic E-state index is -4.41. The van der Waals surface area contributed by atoms with Crippen LogP contribution in [0.4, 0.5) is 19.0 Å². The number of aromatic nitrogens is 1. The van der Waals surface area contributed by atoms with Crippen LogP contribution >= 0.6 is 0 Å². The van der Waals surface area contributed by atoms with Gasteiger partial charge in [-0.3, -0.25) is 0 Å². The second-order valence-corrected chi connectivity index (χ2v) is 4.61. The van der Waals surface area contributed by atoms with Crippen molar-refractivity contribution in [2.75, 3.05) is 39.1 Å². The van der Waals surface area contributed by atoms with Crippen LogP contribution in [0.3, 0.4) is 0 Å². The van der Waals surface area contributed by atoms with Crippen molar-refractivity contribution < 1.29 is 17.9 Å². The number of hydrogen-bond donors (Lipinski definition) is 1. The number of hydrogen-bond acceptors (Lipinski definition) is 4. The second-order valence-electron chi connectivity index (χ2n) is 4.61. The van der Waals surface area contributed by atoms with Crippen LogP contribution in [0.25, 0.3) is 0 Å². The molecule has 0 bridgehead atoms. The van der Waals surface area contributed by atoms with E-state index in [2.05, 4.69) is 10.3 Å². The Hall–Kier alpha value is -1.50. The van der Waals surface area contributed by atoms with Gasteiger partial charge >= 0.3 is 6.18 Å². The van der Waals surface area contributed by atoms with Crippen molar-refractivity contribution in [2.45, 2.75) is 19.5 Å². The fourth-order valence-corrected chi connectivity index (χ4v) is 1.57. The summed E-state index contributed by atoms with van der Waals surface area (Å²) in [5, 5.41) is 2.77. The van der Waals surface area contributed by atoms with Crippen molar-refractivity contribution in [1.82, 2.24) is 9.88 Å². The molecule has 0 atom stereocenters. The number of anilines is 1. The molecule has 0 radical (unpaired) electrons. The third-order valence-corrected chi connectivity index (χ3v) is 2.49. The zero-order valence-electron chi connectivity index (χ0n) is 11.9. The van der Waals surface area contributed by atoms with Crippen LogP contribution in [0, 0.1) is 0 Å². The summed E-state index contributed by atoms with van der Waals surface area (Å²) >= 11 is 0. The normalized spacial score (nSPS) is 11.8. The Kier molecular flexibility index (Phi) is 6.06.